The minimum absolute atomic E-state index is 0.486. The smallest absolute Gasteiger partial charge is 0.119 e. The summed E-state index contributed by atoms with van der Waals surface area (Å²) < 4.78 is 7.54. The monoisotopic (exact) mass is 270 g/mol. The molecule has 1 aromatic carbocycles. The average Bonchev–Trinajstić information content (AvgIpc) is 2.78. The quantitative estimate of drug-likeness (QED) is 0.927. The van der Waals surface area contributed by atoms with E-state index in [0.717, 1.165) is 18.6 Å². The fourth-order valence-electron chi connectivity index (χ4n) is 3.03. The molecule has 0 radical (unpaired) electrons. The SMILES string of the molecule is COc1ccc2c(c1)CC(Nn1c(C)ccc1C)CC2. The van der Waals surface area contributed by atoms with Gasteiger partial charge in [0.1, 0.15) is 5.75 Å². The third kappa shape index (κ3) is 2.40. The molecular weight excluding hydrogens is 248 g/mol. The second-order valence-electron chi connectivity index (χ2n) is 5.65. The Morgan fingerprint density at radius 1 is 1.10 bits per heavy atom. The van der Waals surface area contributed by atoms with Crippen LogP contribution in [0.1, 0.15) is 28.9 Å². The largest absolute Gasteiger partial charge is 0.497 e. The Labute approximate surface area is 120 Å². The van der Waals surface area contributed by atoms with Crippen LogP contribution in [0.4, 0.5) is 0 Å². The molecule has 0 amide bonds. The highest BCUT2D eigenvalue weighted by molar-refractivity contribution is 5.38. The van der Waals surface area contributed by atoms with Gasteiger partial charge in [-0.25, -0.2) is 0 Å². The Kier molecular flexibility index (Phi) is 3.43. The maximum absolute atomic E-state index is 5.33. The zero-order chi connectivity index (χ0) is 14.1. The first-order valence-corrected chi connectivity index (χ1v) is 7.24. The van der Waals surface area contributed by atoms with Gasteiger partial charge in [0.2, 0.25) is 0 Å². The van der Waals surface area contributed by atoms with Gasteiger partial charge in [-0.15, -0.1) is 0 Å². The third-order valence-electron chi connectivity index (χ3n) is 4.22. The summed E-state index contributed by atoms with van der Waals surface area (Å²) in [4.78, 5) is 0. The highest BCUT2D eigenvalue weighted by atomic mass is 16.5. The molecular formula is C17H22N2O. The second kappa shape index (κ2) is 5.23. The number of fused-ring (bicyclic) bond motifs is 1. The summed E-state index contributed by atoms with van der Waals surface area (Å²) in [5, 5.41) is 0. The fraction of sp³-hybridized carbons (Fsp3) is 0.412. The van der Waals surface area contributed by atoms with Crippen LogP contribution in [0.15, 0.2) is 30.3 Å². The molecule has 0 spiro atoms. The normalized spacial score (nSPS) is 17.6. The van der Waals surface area contributed by atoms with Crippen molar-refractivity contribution in [3.63, 3.8) is 0 Å². The van der Waals surface area contributed by atoms with E-state index < -0.39 is 0 Å². The number of hydrogen-bond acceptors (Lipinski definition) is 2. The molecule has 1 aromatic heterocycles. The molecule has 0 bridgehead atoms. The predicted molar refractivity (Wildman–Crippen MR) is 82.1 cm³/mol. The molecule has 2 aromatic rings. The average molecular weight is 270 g/mol. The second-order valence-corrected chi connectivity index (χ2v) is 5.65. The van der Waals surface area contributed by atoms with E-state index in [0.29, 0.717) is 6.04 Å². The van der Waals surface area contributed by atoms with E-state index in [-0.39, 0.29) is 0 Å². The summed E-state index contributed by atoms with van der Waals surface area (Å²) in [6, 6.07) is 11.2. The Morgan fingerprint density at radius 2 is 1.85 bits per heavy atom. The van der Waals surface area contributed by atoms with Crippen molar-refractivity contribution in [2.45, 2.75) is 39.2 Å². The summed E-state index contributed by atoms with van der Waals surface area (Å²) >= 11 is 0. The zero-order valence-corrected chi connectivity index (χ0v) is 12.4. The van der Waals surface area contributed by atoms with E-state index in [9.17, 15) is 0 Å². The maximum atomic E-state index is 5.33. The van der Waals surface area contributed by atoms with Gasteiger partial charge in [0.15, 0.2) is 0 Å². The molecule has 0 saturated carbocycles. The van der Waals surface area contributed by atoms with Gasteiger partial charge < -0.3 is 10.2 Å². The topological polar surface area (TPSA) is 26.2 Å². The number of aromatic nitrogens is 1. The van der Waals surface area contributed by atoms with Crippen molar-refractivity contribution in [1.82, 2.24) is 4.68 Å². The Hall–Kier alpha value is -1.90. The Balaban J connectivity index is 1.78. The number of methoxy groups -OCH3 is 1. The van der Waals surface area contributed by atoms with E-state index in [2.05, 4.69) is 54.3 Å². The van der Waals surface area contributed by atoms with E-state index in [1.165, 1.54) is 28.9 Å². The minimum atomic E-state index is 0.486. The lowest BCUT2D eigenvalue weighted by Crippen LogP contribution is -2.34. The molecule has 1 N–H and O–H groups in total. The lowest BCUT2D eigenvalue weighted by molar-refractivity contribution is 0.413. The molecule has 3 nitrogen and oxygen atoms in total. The highest BCUT2D eigenvalue weighted by Gasteiger charge is 2.19. The van der Waals surface area contributed by atoms with Gasteiger partial charge in [-0.3, -0.25) is 4.68 Å². The summed E-state index contributed by atoms with van der Waals surface area (Å²) in [7, 11) is 1.73. The molecule has 3 heteroatoms. The molecule has 1 unspecified atom stereocenters. The van der Waals surface area contributed by atoms with Crippen LogP contribution in [0.2, 0.25) is 0 Å². The molecule has 1 aliphatic carbocycles. The lowest BCUT2D eigenvalue weighted by atomic mass is 9.88. The van der Waals surface area contributed by atoms with Crippen LogP contribution in [0.3, 0.4) is 0 Å². The van der Waals surface area contributed by atoms with Crippen molar-refractivity contribution in [1.29, 1.82) is 0 Å². The van der Waals surface area contributed by atoms with Crippen molar-refractivity contribution in [2.75, 3.05) is 12.5 Å². The van der Waals surface area contributed by atoms with Crippen LogP contribution < -0.4 is 10.2 Å². The summed E-state index contributed by atoms with van der Waals surface area (Å²) in [5.41, 5.74) is 9.05. The van der Waals surface area contributed by atoms with Crippen molar-refractivity contribution < 1.29 is 4.74 Å². The van der Waals surface area contributed by atoms with Crippen molar-refractivity contribution in [2.24, 2.45) is 0 Å². The van der Waals surface area contributed by atoms with Crippen molar-refractivity contribution in [3.05, 3.63) is 52.8 Å². The van der Waals surface area contributed by atoms with E-state index in [4.69, 9.17) is 4.74 Å². The molecule has 0 fully saturated rings. The minimum Gasteiger partial charge on any atom is -0.497 e. The first kappa shape index (κ1) is 13.1. The number of hydrogen-bond donors (Lipinski definition) is 1. The highest BCUT2D eigenvalue weighted by Crippen LogP contribution is 2.26. The summed E-state index contributed by atoms with van der Waals surface area (Å²) in [5.74, 6) is 0.956. The first-order chi connectivity index (χ1) is 9.67. The number of aryl methyl sites for hydroxylation is 3. The molecule has 3 rings (SSSR count). The fourth-order valence-corrected chi connectivity index (χ4v) is 3.03. The van der Waals surface area contributed by atoms with E-state index in [1.54, 1.807) is 7.11 Å². The van der Waals surface area contributed by atoms with E-state index in [1.807, 2.05) is 0 Å². The van der Waals surface area contributed by atoms with Crippen LogP contribution >= 0.6 is 0 Å². The zero-order valence-electron chi connectivity index (χ0n) is 12.4. The van der Waals surface area contributed by atoms with Crippen molar-refractivity contribution >= 4 is 0 Å². The van der Waals surface area contributed by atoms with Gasteiger partial charge in [0, 0.05) is 17.4 Å². The number of nitrogens with zero attached hydrogens (tertiary/aromatic N) is 1. The Bertz CT molecular complexity index is 596. The maximum Gasteiger partial charge on any atom is 0.119 e. The van der Waals surface area contributed by atoms with Gasteiger partial charge in [-0.1, -0.05) is 6.07 Å². The number of ether oxygens (including phenoxy) is 1. The van der Waals surface area contributed by atoms with Crippen LogP contribution in [0, 0.1) is 13.8 Å². The third-order valence-corrected chi connectivity index (χ3v) is 4.22. The molecule has 1 atom stereocenters. The number of benzene rings is 1. The van der Waals surface area contributed by atoms with Gasteiger partial charge >= 0.3 is 0 Å². The lowest BCUT2D eigenvalue weighted by Gasteiger charge is -2.28. The van der Waals surface area contributed by atoms with Crippen LogP contribution in [-0.2, 0) is 12.8 Å². The summed E-state index contributed by atoms with van der Waals surface area (Å²) in [6.07, 6.45) is 3.37. The van der Waals surface area contributed by atoms with Gasteiger partial charge in [0.25, 0.3) is 0 Å². The van der Waals surface area contributed by atoms with Gasteiger partial charge in [0.05, 0.1) is 7.11 Å². The van der Waals surface area contributed by atoms with Gasteiger partial charge in [-0.05, 0) is 68.5 Å². The molecule has 0 aliphatic heterocycles. The van der Waals surface area contributed by atoms with Crippen molar-refractivity contribution in [3.8, 4) is 5.75 Å². The molecule has 106 valence electrons. The molecule has 20 heavy (non-hydrogen) atoms. The number of rotatable bonds is 3. The molecule has 1 heterocycles. The molecule has 0 saturated heterocycles. The van der Waals surface area contributed by atoms with E-state index >= 15 is 0 Å². The standard InChI is InChI=1S/C17H22N2O/c1-12-4-5-13(2)19(12)18-16-8-6-14-7-9-17(20-3)11-15(14)10-16/h4-5,7,9,11,16,18H,6,8,10H2,1-3H3. The predicted octanol–water partition coefficient (Wildman–Crippen LogP) is 3.21. The van der Waals surface area contributed by atoms with Gasteiger partial charge in [-0.2, -0.15) is 0 Å². The molecule has 1 aliphatic rings. The number of nitrogens with one attached hydrogen (secondary N) is 1. The van der Waals surface area contributed by atoms with Crippen LogP contribution in [0.25, 0.3) is 0 Å². The summed E-state index contributed by atoms with van der Waals surface area (Å²) in [6.45, 7) is 4.28. The van der Waals surface area contributed by atoms with Crippen LogP contribution in [0.5, 0.6) is 5.75 Å². The van der Waals surface area contributed by atoms with Crippen LogP contribution in [-0.4, -0.2) is 17.8 Å². The Morgan fingerprint density at radius 3 is 2.55 bits per heavy atom. The first-order valence-electron chi connectivity index (χ1n) is 7.24.